The minimum atomic E-state index is -0.229. The molecule has 9 nitrogen and oxygen atoms in total. The number of anilines is 2. The highest BCUT2D eigenvalue weighted by atomic mass is 79.9. The van der Waals surface area contributed by atoms with Gasteiger partial charge in [-0.05, 0) is 22.0 Å². The summed E-state index contributed by atoms with van der Waals surface area (Å²) in [6.45, 7) is 2.53. The lowest BCUT2D eigenvalue weighted by atomic mass is 10.1. The molecule has 0 unspecified atom stereocenters. The number of carbonyl (C=O) groups is 2. The quantitative estimate of drug-likeness (QED) is 0.641. The van der Waals surface area contributed by atoms with Crippen LogP contribution in [0.1, 0.15) is 16.1 Å². The molecule has 1 fully saturated rings. The molecule has 2 aromatic rings. The predicted molar refractivity (Wildman–Crippen MR) is 104 cm³/mol. The van der Waals surface area contributed by atoms with Crippen LogP contribution >= 0.6 is 15.9 Å². The van der Waals surface area contributed by atoms with Crippen molar-refractivity contribution in [2.75, 3.05) is 43.4 Å². The Kier molecular flexibility index (Phi) is 5.97. The molecule has 1 aliphatic rings. The number of rotatable bonds is 5. The van der Waals surface area contributed by atoms with E-state index in [-0.39, 0.29) is 36.2 Å². The molecular formula is C17H20BrN7O2. The summed E-state index contributed by atoms with van der Waals surface area (Å²) in [5.74, 6) is -0.182. The molecule has 27 heavy (non-hydrogen) atoms. The average molecular weight is 434 g/mol. The first kappa shape index (κ1) is 19.2. The average Bonchev–Trinajstić information content (AvgIpc) is 2.69. The number of pyridine rings is 1. The summed E-state index contributed by atoms with van der Waals surface area (Å²) < 4.78 is 0.451. The number of halogens is 1. The standard InChI is InChI=1S/C17H20BrN7O2/c18-14-10-22-17(20)16(23-14)13(26)7-11-9-21-2-1-12(11)24-3-5-25(6-4-24)15(27)8-19/h1-2,9-10H,3-8,19H2,(H2,20,22). The summed E-state index contributed by atoms with van der Waals surface area (Å²) in [4.78, 5) is 40.6. The molecule has 2 aromatic heterocycles. The Bertz CT molecular complexity index is 853. The van der Waals surface area contributed by atoms with Gasteiger partial charge >= 0.3 is 0 Å². The van der Waals surface area contributed by atoms with Gasteiger partial charge in [-0.1, -0.05) is 0 Å². The van der Waals surface area contributed by atoms with Crippen molar-refractivity contribution in [3.63, 3.8) is 0 Å². The molecule has 1 saturated heterocycles. The van der Waals surface area contributed by atoms with E-state index in [0.717, 1.165) is 11.3 Å². The minimum absolute atomic E-state index is 0.0180. The Morgan fingerprint density at radius 2 is 1.93 bits per heavy atom. The van der Waals surface area contributed by atoms with E-state index in [0.29, 0.717) is 30.8 Å². The maximum Gasteiger partial charge on any atom is 0.236 e. The summed E-state index contributed by atoms with van der Waals surface area (Å²) >= 11 is 3.21. The zero-order valence-electron chi connectivity index (χ0n) is 14.6. The Labute approximate surface area is 164 Å². The van der Waals surface area contributed by atoms with E-state index >= 15 is 0 Å². The monoisotopic (exact) mass is 433 g/mol. The first-order valence-corrected chi connectivity index (χ1v) is 9.25. The van der Waals surface area contributed by atoms with Crippen LogP contribution in [-0.4, -0.2) is 64.3 Å². The van der Waals surface area contributed by atoms with Crippen molar-refractivity contribution in [1.29, 1.82) is 0 Å². The van der Waals surface area contributed by atoms with Crippen LogP contribution in [0.4, 0.5) is 11.5 Å². The minimum Gasteiger partial charge on any atom is -0.382 e. The van der Waals surface area contributed by atoms with Crippen LogP contribution in [0.5, 0.6) is 0 Å². The number of carbonyl (C=O) groups excluding carboxylic acids is 2. The van der Waals surface area contributed by atoms with Gasteiger partial charge in [0.25, 0.3) is 0 Å². The fourth-order valence-corrected chi connectivity index (χ4v) is 3.31. The topological polar surface area (TPSA) is 131 Å². The van der Waals surface area contributed by atoms with Crippen LogP contribution in [0.15, 0.2) is 29.3 Å². The highest BCUT2D eigenvalue weighted by Gasteiger charge is 2.23. The molecule has 0 saturated carbocycles. The molecule has 3 rings (SSSR count). The Hall–Kier alpha value is -2.59. The van der Waals surface area contributed by atoms with E-state index in [1.807, 2.05) is 6.07 Å². The third-order valence-corrected chi connectivity index (χ3v) is 4.79. The van der Waals surface area contributed by atoms with Gasteiger partial charge < -0.3 is 21.3 Å². The normalized spacial score (nSPS) is 14.3. The molecule has 0 bridgehead atoms. The maximum atomic E-state index is 12.7. The zero-order valence-corrected chi connectivity index (χ0v) is 16.2. The van der Waals surface area contributed by atoms with Crippen molar-refractivity contribution >= 4 is 39.1 Å². The largest absolute Gasteiger partial charge is 0.382 e. The third kappa shape index (κ3) is 4.40. The number of Topliss-reactive ketones (excluding diaryl/α,β-unsaturated/α-hetero) is 1. The fourth-order valence-electron chi connectivity index (χ4n) is 3.03. The highest BCUT2D eigenvalue weighted by molar-refractivity contribution is 9.10. The number of nitrogens with zero attached hydrogens (tertiary/aromatic N) is 5. The number of hydrogen-bond acceptors (Lipinski definition) is 8. The zero-order chi connectivity index (χ0) is 19.4. The molecule has 3 heterocycles. The van der Waals surface area contributed by atoms with Gasteiger partial charge in [0.05, 0.1) is 12.7 Å². The van der Waals surface area contributed by atoms with Crippen LogP contribution in [0, 0.1) is 0 Å². The molecule has 1 aliphatic heterocycles. The van der Waals surface area contributed by atoms with Gasteiger partial charge in [0, 0.05) is 56.2 Å². The lowest BCUT2D eigenvalue weighted by Gasteiger charge is -2.36. The van der Waals surface area contributed by atoms with Gasteiger partial charge in [-0.15, -0.1) is 0 Å². The van der Waals surface area contributed by atoms with Crippen LogP contribution in [0.25, 0.3) is 0 Å². The number of nitrogen functional groups attached to an aromatic ring is 1. The molecule has 0 spiro atoms. The summed E-state index contributed by atoms with van der Waals surface area (Å²) in [6.07, 6.45) is 4.92. The van der Waals surface area contributed by atoms with Crippen molar-refractivity contribution in [1.82, 2.24) is 19.9 Å². The lowest BCUT2D eigenvalue weighted by molar-refractivity contribution is -0.129. The van der Waals surface area contributed by atoms with Gasteiger partial charge in [-0.25, -0.2) is 9.97 Å². The molecule has 0 atom stereocenters. The molecule has 0 aromatic carbocycles. The van der Waals surface area contributed by atoms with Crippen molar-refractivity contribution in [3.8, 4) is 0 Å². The van der Waals surface area contributed by atoms with E-state index < -0.39 is 0 Å². The van der Waals surface area contributed by atoms with Crippen molar-refractivity contribution in [2.24, 2.45) is 5.73 Å². The predicted octanol–water partition coefficient (Wildman–Crippen LogP) is 0.249. The summed E-state index contributed by atoms with van der Waals surface area (Å²) in [5.41, 5.74) is 13.1. The van der Waals surface area contributed by atoms with E-state index in [4.69, 9.17) is 11.5 Å². The van der Waals surface area contributed by atoms with Crippen LogP contribution < -0.4 is 16.4 Å². The van der Waals surface area contributed by atoms with Crippen LogP contribution in [0.3, 0.4) is 0 Å². The molecule has 1 amide bonds. The molecule has 0 aliphatic carbocycles. The second-order valence-corrected chi connectivity index (χ2v) is 6.92. The van der Waals surface area contributed by atoms with E-state index in [2.05, 4.69) is 35.8 Å². The molecule has 4 N–H and O–H groups in total. The molecule has 0 radical (unpaired) electrons. The number of ketones is 1. The van der Waals surface area contributed by atoms with E-state index in [9.17, 15) is 9.59 Å². The second-order valence-electron chi connectivity index (χ2n) is 6.10. The van der Waals surface area contributed by atoms with Crippen molar-refractivity contribution in [2.45, 2.75) is 6.42 Å². The van der Waals surface area contributed by atoms with Crippen molar-refractivity contribution < 1.29 is 9.59 Å². The maximum absolute atomic E-state index is 12.7. The Morgan fingerprint density at radius 1 is 1.19 bits per heavy atom. The SMILES string of the molecule is NCC(=O)N1CCN(c2ccncc2CC(=O)c2nc(Br)cnc2N)CC1. The summed E-state index contributed by atoms with van der Waals surface area (Å²) in [6, 6.07) is 1.87. The van der Waals surface area contributed by atoms with Gasteiger partial charge in [0.15, 0.2) is 11.6 Å². The first-order chi connectivity index (χ1) is 13.0. The van der Waals surface area contributed by atoms with E-state index in [1.54, 1.807) is 17.3 Å². The van der Waals surface area contributed by atoms with Gasteiger partial charge in [0.1, 0.15) is 10.3 Å². The molecule has 10 heteroatoms. The molecule has 142 valence electrons. The number of hydrogen-bond donors (Lipinski definition) is 2. The number of aromatic nitrogens is 3. The van der Waals surface area contributed by atoms with Crippen molar-refractivity contribution in [3.05, 3.63) is 40.5 Å². The summed E-state index contributed by atoms with van der Waals surface area (Å²) in [7, 11) is 0. The van der Waals surface area contributed by atoms with E-state index in [1.165, 1.54) is 6.20 Å². The number of piperazine rings is 1. The number of amides is 1. The smallest absolute Gasteiger partial charge is 0.236 e. The first-order valence-electron chi connectivity index (χ1n) is 8.46. The highest BCUT2D eigenvalue weighted by Crippen LogP contribution is 2.23. The van der Waals surface area contributed by atoms with Gasteiger partial charge in [0.2, 0.25) is 5.91 Å². The summed E-state index contributed by atoms with van der Waals surface area (Å²) in [5, 5.41) is 0. The second kappa shape index (κ2) is 8.40. The van der Waals surface area contributed by atoms with Crippen LogP contribution in [0.2, 0.25) is 0 Å². The lowest BCUT2D eigenvalue weighted by Crippen LogP contribution is -2.50. The third-order valence-electron chi connectivity index (χ3n) is 4.41. The molecular weight excluding hydrogens is 414 g/mol. The Balaban J connectivity index is 1.76. The van der Waals surface area contributed by atoms with Crippen LogP contribution in [-0.2, 0) is 11.2 Å². The van der Waals surface area contributed by atoms with Gasteiger partial charge in [-0.2, -0.15) is 0 Å². The Morgan fingerprint density at radius 3 is 2.63 bits per heavy atom. The fraction of sp³-hybridized carbons (Fsp3) is 0.353. The van der Waals surface area contributed by atoms with Gasteiger partial charge in [-0.3, -0.25) is 14.6 Å². The number of nitrogens with two attached hydrogens (primary N) is 2.